The van der Waals surface area contributed by atoms with Crippen LogP contribution in [0.4, 0.5) is 5.69 Å². The lowest BCUT2D eigenvalue weighted by Gasteiger charge is -2.26. The maximum absolute atomic E-state index is 5.50. The first-order valence-corrected chi connectivity index (χ1v) is 11.3. The fourth-order valence-corrected chi connectivity index (χ4v) is 4.55. The summed E-state index contributed by atoms with van der Waals surface area (Å²) in [5, 5.41) is 2.23. The van der Waals surface area contributed by atoms with Crippen molar-refractivity contribution in [2.45, 2.75) is 20.4 Å². The van der Waals surface area contributed by atoms with Crippen molar-refractivity contribution in [3.05, 3.63) is 63.8 Å². The second-order valence-electron chi connectivity index (χ2n) is 7.62. The van der Waals surface area contributed by atoms with Crippen LogP contribution >= 0.6 is 11.3 Å². The van der Waals surface area contributed by atoms with Crippen LogP contribution in [0.2, 0.25) is 0 Å². The molecule has 0 amide bonds. The number of thiazole rings is 1. The Morgan fingerprint density at radius 2 is 1.77 bits per heavy atom. The highest BCUT2D eigenvalue weighted by Gasteiger charge is 2.13. The number of benzene rings is 2. The molecule has 0 atom stereocenters. The van der Waals surface area contributed by atoms with Crippen molar-refractivity contribution in [1.29, 1.82) is 0 Å². The minimum Gasteiger partial charge on any atom is -0.497 e. The second kappa shape index (κ2) is 9.60. The lowest BCUT2D eigenvalue weighted by molar-refractivity contribution is 0.0363. The van der Waals surface area contributed by atoms with E-state index in [0.29, 0.717) is 0 Å². The molecular weight excluding hydrogens is 394 g/mol. The zero-order valence-electron chi connectivity index (χ0n) is 17.9. The zero-order chi connectivity index (χ0) is 20.9. The lowest BCUT2D eigenvalue weighted by atomic mass is 10.0. The Morgan fingerprint density at radius 3 is 2.47 bits per heavy atom. The quantitative estimate of drug-likeness (QED) is 0.590. The first-order valence-electron chi connectivity index (χ1n) is 10.4. The highest BCUT2D eigenvalue weighted by atomic mass is 32.1. The van der Waals surface area contributed by atoms with Crippen molar-refractivity contribution < 1.29 is 9.47 Å². The number of hydrogen-bond acceptors (Lipinski definition) is 5. The van der Waals surface area contributed by atoms with Crippen LogP contribution in [0, 0.1) is 13.8 Å². The summed E-state index contributed by atoms with van der Waals surface area (Å²) < 4.78 is 13.1. The minimum atomic E-state index is 0.821. The lowest BCUT2D eigenvalue weighted by Crippen LogP contribution is -2.39. The molecule has 2 aromatic carbocycles. The Kier molecular flexibility index (Phi) is 6.67. The Bertz CT molecular complexity index is 1050. The molecule has 0 bridgehead atoms. The van der Waals surface area contributed by atoms with Gasteiger partial charge in [-0.3, -0.25) is 4.90 Å². The zero-order valence-corrected chi connectivity index (χ0v) is 18.7. The number of rotatable bonds is 6. The maximum atomic E-state index is 5.50. The van der Waals surface area contributed by atoms with E-state index in [4.69, 9.17) is 14.5 Å². The third kappa shape index (κ3) is 4.83. The van der Waals surface area contributed by atoms with Crippen LogP contribution < -0.4 is 9.54 Å². The number of methoxy groups -OCH3 is 1. The van der Waals surface area contributed by atoms with Gasteiger partial charge >= 0.3 is 0 Å². The Hall–Kier alpha value is -2.41. The van der Waals surface area contributed by atoms with Gasteiger partial charge in [0.05, 0.1) is 31.7 Å². The Morgan fingerprint density at radius 1 is 1.00 bits per heavy atom. The summed E-state index contributed by atoms with van der Waals surface area (Å²) in [5.74, 6) is 0.844. The van der Waals surface area contributed by atoms with Crippen molar-refractivity contribution in [3.63, 3.8) is 0 Å². The average molecular weight is 424 g/mol. The van der Waals surface area contributed by atoms with Gasteiger partial charge in [0.15, 0.2) is 4.80 Å². The van der Waals surface area contributed by atoms with E-state index >= 15 is 0 Å². The van der Waals surface area contributed by atoms with E-state index in [1.165, 1.54) is 22.4 Å². The van der Waals surface area contributed by atoms with E-state index in [1.54, 1.807) is 18.4 Å². The number of aryl methyl sites for hydroxylation is 2. The molecular formula is C24H29N3O2S. The summed E-state index contributed by atoms with van der Waals surface area (Å²) in [6.45, 7) is 9.86. The topological polar surface area (TPSA) is 39.0 Å². The SMILES string of the molecule is COc1ccc(N=c2scc(-c3ccc(C)c(C)c3)n2CCN2CCOCC2)cc1. The van der Waals surface area contributed by atoms with Crippen LogP contribution in [-0.4, -0.2) is 49.4 Å². The number of morpholine rings is 1. The molecule has 1 aliphatic heterocycles. The highest BCUT2D eigenvalue weighted by Crippen LogP contribution is 2.24. The monoisotopic (exact) mass is 423 g/mol. The first kappa shape index (κ1) is 20.8. The first-order chi connectivity index (χ1) is 14.6. The van der Waals surface area contributed by atoms with E-state index in [0.717, 1.165) is 55.6 Å². The molecule has 0 N–H and O–H groups in total. The molecule has 1 saturated heterocycles. The van der Waals surface area contributed by atoms with Crippen molar-refractivity contribution in [2.75, 3.05) is 40.0 Å². The van der Waals surface area contributed by atoms with Crippen LogP contribution in [0.15, 0.2) is 52.8 Å². The maximum Gasteiger partial charge on any atom is 0.190 e. The van der Waals surface area contributed by atoms with Crippen LogP contribution in [0.25, 0.3) is 11.3 Å². The molecule has 6 heteroatoms. The molecule has 2 heterocycles. The Balaban J connectivity index is 1.70. The predicted molar refractivity (Wildman–Crippen MR) is 123 cm³/mol. The summed E-state index contributed by atoms with van der Waals surface area (Å²) in [6, 6.07) is 14.6. The molecule has 0 spiro atoms. The smallest absolute Gasteiger partial charge is 0.190 e. The number of aromatic nitrogens is 1. The molecule has 1 aliphatic rings. The number of nitrogens with zero attached hydrogens (tertiary/aromatic N) is 3. The summed E-state index contributed by atoms with van der Waals surface area (Å²) in [5.41, 5.74) is 6.03. The van der Waals surface area contributed by atoms with E-state index in [2.05, 4.69) is 46.9 Å². The van der Waals surface area contributed by atoms with Crippen molar-refractivity contribution >= 4 is 17.0 Å². The van der Waals surface area contributed by atoms with Crippen molar-refractivity contribution in [2.24, 2.45) is 4.99 Å². The molecule has 1 aromatic heterocycles. The molecule has 0 saturated carbocycles. The van der Waals surface area contributed by atoms with E-state index in [9.17, 15) is 0 Å². The third-order valence-corrected chi connectivity index (χ3v) is 6.50. The summed E-state index contributed by atoms with van der Waals surface area (Å²) >= 11 is 1.69. The van der Waals surface area contributed by atoms with Gasteiger partial charge in [0, 0.05) is 31.6 Å². The molecule has 0 unspecified atom stereocenters. The number of hydrogen-bond donors (Lipinski definition) is 0. The van der Waals surface area contributed by atoms with Crippen molar-refractivity contribution in [3.8, 4) is 17.0 Å². The largest absolute Gasteiger partial charge is 0.497 e. The standard InChI is InChI=1S/C24H29N3O2S/c1-18-4-5-20(16-19(18)2)23-17-30-24(25-21-6-8-22(28-3)9-7-21)27(23)11-10-26-12-14-29-15-13-26/h4-9,16-17H,10-15H2,1-3H3. The fraction of sp³-hybridized carbons (Fsp3) is 0.375. The van der Waals surface area contributed by atoms with Gasteiger partial charge < -0.3 is 14.0 Å². The molecule has 0 aliphatic carbocycles. The molecule has 30 heavy (non-hydrogen) atoms. The summed E-state index contributed by atoms with van der Waals surface area (Å²) in [7, 11) is 1.68. The van der Waals surface area contributed by atoms with Gasteiger partial charge in [-0.15, -0.1) is 11.3 Å². The molecule has 1 fully saturated rings. The van der Waals surface area contributed by atoms with Gasteiger partial charge in [-0.2, -0.15) is 0 Å². The second-order valence-corrected chi connectivity index (χ2v) is 8.45. The van der Waals surface area contributed by atoms with Gasteiger partial charge in [0.2, 0.25) is 0 Å². The van der Waals surface area contributed by atoms with Gasteiger partial charge in [-0.1, -0.05) is 12.1 Å². The third-order valence-electron chi connectivity index (χ3n) is 5.64. The van der Waals surface area contributed by atoms with Gasteiger partial charge in [0.25, 0.3) is 0 Å². The predicted octanol–water partition coefficient (Wildman–Crippen LogP) is 4.41. The number of ether oxygens (including phenoxy) is 2. The van der Waals surface area contributed by atoms with Crippen LogP contribution in [0.5, 0.6) is 5.75 Å². The average Bonchev–Trinajstić information content (AvgIpc) is 3.17. The van der Waals surface area contributed by atoms with Crippen LogP contribution in [-0.2, 0) is 11.3 Å². The minimum absolute atomic E-state index is 0.821. The highest BCUT2D eigenvalue weighted by molar-refractivity contribution is 7.07. The summed E-state index contributed by atoms with van der Waals surface area (Å²) in [4.78, 5) is 8.43. The van der Waals surface area contributed by atoms with Crippen LogP contribution in [0.3, 0.4) is 0 Å². The van der Waals surface area contributed by atoms with Gasteiger partial charge in [-0.25, -0.2) is 4.99 Å². The summed E-state index contributed by atoms with van der Waals surface area (Å²) in [6.07, 6.45) is 0. The molecule has 158 valence electrons. The fourth-order valence-electron chi connectivity index (χ4n) is 3.60. The van der Waals surface area contributed by atoms with Crippen molar-refractivity contribution in [1.82, 2.24) is 9.47 Å². The normalized spacial score (nSPS) is 15.5. The van der Waals surface area contributed by atoms with Gasteiger partial charge in [0.1, 0.15) is 5.75 Å². The molecule has 4 rings (SSSR count). The molecule has 3 aromatic rings. The van der Waals surface area contributed by atoms with Gasteiger partial charge in [-0.05, 0) is 60.9 Å². The molecule has 0 radical (unpaired) electrons. The van der Waals surface area contributed by atoms with E-state index in [1.807, 2.05) is 24.3 Å². The van der Waals surface area contributed by atoms with Crippen LogP contribution in [0.1, 0.15) is 11.1 Å². The Labute approximate surface area is 182 Å². The van der Waals surface area contributed by atoms with E-state index in [-0.39, 0.29) is 0 Å². The van der Waals surface area contributed by atoms with E-state index < -0.39 is 0 Å². The molecule has 5 nitrogen and oxygen atoms in total.